The zero-order chi connectivity index (χ0) is 18.1. The van der Waals surface area contributed by atoms with Crippen LogP contribution in [0.2, 0.25) is 0 Å². The lowest BCUT2D eigenvalue weighted by Crippen LogP contribution is -2.35. The Labute approximate surface area is 161 Å². The van der Waals surface area contributed by atoms with Crippen LogP contribution in [-0.4, -0.2) is 19.3 Å². The molecule has 1 aromatic heterocycles. The second-order valence-electron chi connectivity index (χ2n) is 7.59. The van der Waals surface area contributed by atoms with Crippen LogP contribution < -0.4 is 0 Å². The average Bonchev–Trinajstić information content (AvgIpc) is 2.92. The summed E-state index contributed by atoms with van der Waals surface area (Å²) in [5.41, 5.74) is 3.78. The highest BCUT2D eigenvalue weighted by Gasteiger charge is 2.35. The van der Waals surface area contributed by atoms with Crippen molar-refractivity contribution in [2.75, 3.05) is 6.54 Å². The SMILES string of the molecule is Cc1ccsc1[C@H]1CCCCCN1S(=O)(=O)c1ccc2c(c1)CCCC2. The van der Waals surface area contributed by atoms with Gasteiger partial charge >= 0.3 is 0 Å². The topological polar surface area (TPSA) is 37.4 Å². The lowest BCUT2D eigenvalue weighted by Gasteiger charge is -2.29. The molecule has 2 aliphatic rings. The van der Waals surface area contributed by atoms with E-state index in [2.05, 4.69) is 18.4 Å². The summed E-state index contributed by atoms with van der Waals surface area (Å²) in [4.78, 5) is 1.70. The van der Waals surface area contributed by atoms with Crippen LogP contribution in [0.25, 0.3) is 0 Å². The largest absolute Gasteiger partial charge is 0.243 e. The van der Waals surface area contributed by atoms with Crippen molar-refractivity contribution in [3.8, 4) is 0 Å². The molecule has 1 aliphatic heterocycles. The number of hydrogen-bond donors (Lipinski definition) is 0. The van der Waals surface area contributed by atoms with Crippen molar-refractivity contribution in [2.45, 2.75) is 69.2 Å². The summed E-state index contributed by atoms with van der Waals surface area (Å²) in [6, 6.07) is 7.92. The molecule has 0 unspecified atom stereocenters. The fraction of sp³-hybridized carbons (Fsp3) is 0.524. The minimum Gasteiger partial charge on any atom is -0.207 e. The van der Waals surface area contributed by atoms with Gasteiger partial charge in [-0.2, -0.15) is 4.31 Å². The van der Waals surface area contributed by atoms with Crippen LogP contribution in [0.5, 0.6) is 0 Å². The molecule has 1 saturated heterocycles. The van der Waals surface area contributed by atoms with Crippen molar-refractivity contribution >= 4 is 21.4 Å². The summed E-state index contributed by atoms with van der Waals surface area (Å²) in [6.07, 6.45) is 8.54. The Bertz CT molecular complexity index is 885. The highest BCUT2D eigenvalue weighted by Crippen LogP contribution is 2.38. The number of nitrogens with zero attached hydrogens (tertiary/aromatic N) is 1. The number of sulfonamides is 1. The molecule has 2 heterocycles. The number of rotatable bonds is 3. The molecule has 1 atom stereocenters. The average molecular weight is 390 g/mol. The molecule has 2 aromatic rings. The van der Waals surface area contributed by atoms with E-state index in [0.717, 1.165) is 44.9 Å². The van der Waals surface area contributed by atoms with Crippen LogP contribution in [-0.2, 0) is 22.9 Å². The summed E-state index contributed by atoms with van der Waals surface area (Å²) in [5, 5.41) is 2.08. The summed E-state index contributed by atoms with van der Waals surface area (Å²) in [5.74, 6) is 0. The van der Waals surface area contributed by atoms with E-state index in [1.807, 2.05) is 18.2 Å². The zero-order valence-corrected chi connectivity index (χ0v) is 17.0. The molecule has 4 rings (SSSR count). The quantitative estimate of drug-likeness (QED) is 0.720. The molecule has 1 fully saturated rings. The van der Waals surface area contributed by atoms with E-state index in [1.54, 1.807) is 15.6 Å². The van der Waals surface area contributed by atoms with Crippen LogP contribution in [0.3, 0.4) is 0 Å². The summed E-state index contributed by atoms with van der Waals surface area (Å²) in [7, 11) is -3.47. The molecule has 140 valence electrons. The molecule has 0 amide bonds. The molecular formula is C21H27NO2S2. The zero-order valence-electron chi connectivity index (χ0n) is 15.4. The Morgan fingerprint density at radius 3 is 2.58 bits per heavy atom. The van der Waals surface area contributed by atoms with E-state index in [4.69, 9.17) is 0 Å². The number of hydrogen-bond acceptors (Lipinski definition) is 3. The smallest absolute Gasteiger partial charge is 0.207 e. The third-order valence-electron chi connectivity index (χ3n) is 5.83. The van der Waals surface area contributed by atoms with E-state index in [9.17, 15) is 8.42 Å². The Hall–Kier alpha value is -1.17. The van der Waals surface area contributed by atoms with Crippen molar-refractivity contribution in [1.29, 1.82) is 0 Å². The third kappa shape index (κ3) is 3.37. The second-order valence-corrected chi connectivity index (χ2v) is 10.4. The minimum atomic E-state index is -3.47. The van der Waals surface area contributed by atoms with Gasteiger partial charge in [0.15, 0.2) is 0 Å². The van der Waals surface area contributed by atoms with E-state index in [1.165, 1.54) is 28.0 Å². The van der Waals surface area contributed by atoms with Gasteiger partial charge in [0, 0.05) is 11.4 Å². The van der Waals surface area contributed by atoms with Crippen LogP contribution in [0, 0.1) is 6.92 Å². The van der Waals surface area contributed by atoms with Crippen molar-refractivity contribution in [2.24, 2.45) is 0 Å². The van der Waals surface area contributed by atoms with Gasteiger partial charge in [0.25, 0.3) is 0 Å². The van der Waals surface area contributed by atoms with Crippen LogP contribution in [0.1, 0.15) is 66.1 Å². The first kappa shape index (κ1) is 18.2. The first-order valence-electron chi connectivity index (χ1n) is 9.75. The normalized spacial score (nSPS) is 22.0. The third-order valence-corrected chi connectivity index (χ3v) is 8.86. The predicted molar refractivity (Wildman–Crippen MR) is 107 cm³/mol. The Balaban J connectivity index is 1.73. The highest BCUT2D eigenvalue weighted by molar-refractivity contribution is 7.89. The molecule has 0 saturated carbocycles. The molecule has 0 radical (unpaired) electrons. The van der Waals surface area contributed by atoms with Crippen LogP contribution in [0.15, 0.2) is 34.5 Å². The number of thiophene rings is 1. The Kier molecular flexibility index (Phi) is 5.22. The van der Waals surface area contributed by atoms with Gasteiger partial charge in [-0.3, -0.25) is 0 Å². The van der Waals surface area contributed by atoms with Gasteiger partial charge in [0.2, 0.25) is 10.0 Å². The van der Waals surface area contributed by atoms with E-state index < -0.39 is 10.0 Å². The lowest BCUT2D eigenvalue weighted by molar-refractivity contribution is 0.332. The maximum atomic E-state index is 13.6. The van der Waals surface area contributed by atoms with E-state index >= 15 is 0 Å². The van der Waals surface area contributed by atoms with Crippen molar-refractivity contribution in [3.05, 3.63) is 51.2 Å². The highest BCUT2D eigenvalue weighted by atomic mass is 32.2. The van der Waals surface area contributed by atoms with Gasteiger partial charge in [0.1, 0.15) is 0 Å². The summed E-state index contributed by atoms with van der Waals surface area (Å²) >= 11 is 1.70. The van der Waals surface area contributed by atoms with Gasteiger partial charge in [-0.15, -0.1) is 11.3 Å². The van der Waals surface area contributed by atoms with Crippen molar-refractivity contribution in [1.82, 2.24) is 4.31 Å². The fourth-order valence-electron chi connectivity index (χ4n) is 4.36. The fourth-order valence-corrected chi connectivity index (χ4v) is 7.22. The Morgan fingerprint density at radius 2 is 1.81 bits per heavy atom. The first-order chi connectivity index (χ1) is 12.6. The maximum absolute atomic E-state index is 13.6. The molecule has 0 N–H and O–H groups in total. The molecule has 5 heteroatoms. The van der Waals surface area contributed by atoms with Gasteiger partial charge < -0.3 is 0 Å². The lowest BCUT2D eigenvalue weighted by atomic mass is 9.92. The molecule has 26 heavy (non-hydrogen) atoms. The minimum absolute atomic E-state index is 0.0152. The predicted octanol–water partition coefficient (Wildman–Crippen LogP) is 5.24. The van der Waals surface area contributed by atoms with Gasteiger partial charge in [0.05, 0.1) is 10.9 Å². The van der Waals surface area contributed by atoms with Crippen LogP contribution in [0.4, 0.5) is 0 Å². The van der Waals surface area contributed by atoms with E-state index in [0.29, 0.717) is 11.4 Å². The molecule has 3 nitrogen and oxygen atoms in total. The number of aryl methyl sites for hydroxylation is 3. The molecule has 0 bridgehead atoms. The molecule has 1 aliphatic carbocycles. The summed E-state index contributed by atoms with van der Waals surface area (Å²) < 4.78 is 28.9. The first-order valence-corrected chi connectivity index (χ1v) is 12.1. The van der Waals surface area contributed by atoms with Crippen LogP contribution >= 0.6 is 11.3 Å². The van der Waals surface area contributed by atoms with Crippen molar-refractivity contribution < 1.29 is 8.42 Å². The number of fused-ring (bicyclic) bond motifs is 1. The Morgan fingerprint density at radius 1 is 1.00 bits per heavy atom. The van der Waals surface area contributed by atoms with E-state index in [-0.39, 0.29) is 6.04 Å². The summed E-state index contributed by atoms with van der Waals surface area (Å²) in [6.45, 7) is 2.72. The van der Waals surface area contributed by atoms with Gasteiger partial charge in [-0.05, 0) is 85.7 Å². The molecular weight excluding hydrogens is 362 g/mol. The van der Waals surface area contributed by atoms with Crippen molar-refractivity contribution in [3.63, 3.8) is 0 Å². The number of benzene rings is 1. The molecule has 0 spiro atoms. The monoisotopic (exact) mass is 389 g/mol. The maximum Gasteiger partial charge on any atom is 0.243 e. The van der Waals surface area contributed by atoms with Gasteiger partial charge in [-0.25, -0.2) is 8.42 Å². The van der Waals surface area contributed by atoms with Gasteiger partial charge in [-0.1, -0.05) is 18.9 Å². The second kappa shape index (κ2) is 7.45. The molecule has 1 aromatic carbocycles. The standard InChI is InChI=1S/C21H27NO2S2/c1-16-12-14-25-21(16)20-9-3-2-6-13-22(20)26(23,24)19-11-10-17-7-4-5-8-18(17)15-19/h10-12,14-15,20H,2-9,13H2,1H3/t20-/m1/s1.